The van der Waals surface area contributed by atoms with Gasteiger partial charge in [0.1, 0.15) is 18.6 Å². The van der Waals surface area contributed by atoms with E-state index in [0.29, 0.717) is 15.8 Å². The molecule has 0 bridgehead atoms. The van der Waals surface area contributed by atoms with Crippen molar-refractivity contribution in [3.63, 3.8) is 0 Å². The molecule has 1 amide bonds. The van der Waals surface area contributed by atoms with E-state index < -0.39 is 0 Å². The van der Waals surface area contributed by atoms with E-state index >= 15 is 0 Å². The highest BCUT2D eigenvalue weighted by atomic mass is 35.5. The molecule has 2 fully saturated rings. The van der Waals surface area contributed by atoms with Gasteiger partial charge < -0.3 is 15.0 Å². The second kappa shape index (κ2) is 9.31. The summed E-state index contributed by atoms with van der Waals surface area (Å²) in [4.78, 5) is 26.7. The summed E-state index contributed by atoms with van der Waals surface area (Å²) >= 11 is 7.14. The van der Waals surface area contributed by atoms with Crippen LogP contribution in [0.4, 0.5) is 0 Å². The summed E-state index contributed by atoms with van der Waals surface area (Å²) in [6.45, 7) is 4.37. The van der Waals surface area contributed by atoms with Gasteiger partial charge in [-0.1, -0.05) is 18.0 Å². The lowest BCUT2D eigenvalue weighted by molar-refractivity contribution is -0.960. The highest BCUT2D eigenvalue weighted by Crippen LogP contribution is 2.26. The van der Waals surface area contributed by atoms with Crippen LogP contribution in [0.3, 0.4) is 0 Å². The molecule has 0 atom stereocenters. The number of hydrogen-bond donors (Lipinski definition) is 2. The normalized spacial score (nSPS) is 20.7. The van der Waals surface area contributed by atoms with Crippen LogP contribution >= 0.6 is 22.9 Å². The number of halogens is 1. The summed E-state index contributed by atoms with van der Waals surface area (Å²) < 4.78 is 6.12. The first-order valence-electron chi connectivity index (χ1n) is 9.57. The zero-order valence-corrected chi connectivity index (χ0v) is 16.7. The van der Waals surface area contributed by atoms with Gasteiger partial charge in [0.05, 0.1) is 29.0 Å². The zero-order chi connectivity index (χ0) is 18.4. The molecule has 144 valence electrons. The molecule has 1 aromatic rings. The van der Waals surface area contributed by atoms with Crippen molar-refractivity contribution in [1.82, 2.24) is 5.32 Å². The van der Waals surface area contributed by atoms with E-state index in [1.54, 1.807) is 17.0 Å². The Bertz CT molecular complexity index is 622. The molecule has 5 nitrogen and oxygen atoms in total. The smallest absolute Gasteiger partial charge is 0.220 e. The number of carbonyl (C=O) groups is 2. The lowest BCUT2D eigenvalue weighted by Gasteiger charge is -2.45. The van der Waals surface area contributed by atoms with Crippen molar-refractivity contribution in [2.75, 3.05) is 32.8 Å². The first kappa shape index (κ1) is 19.8. The summed E-state index contributed by atoms with van der Waals surface area (Å²) in [5.41, 5.74) is 0.142. The summed E-state index contributed by atoms with van der Waals surface area (Å²) in [5, 5.41) is 3.13. The van der Waals surface area contributed by atoms with Gasteiger partial charge in [-0.25, -0.2) is 0 Å². The van der Waals surface area contributed by atoms with Crippen LogP contribution in [-0.2, 0) is 9.53 Å². The topological polar surface area (TPSA) is 59.8 Å². The first-order valence-corrected chi connectivity index (χ1v) is 10.8. The number of Topliss-reactive ketones (excluding diaryl/α,β-unsaturated/α-hetero) is 1. The quantitative estimate of drug-likeness (QED) is 0.690. The second-order valence-electron chi connectivity index (χ2n) is 7.36. The zero-order valence-electron chi connectivity index (χ0n) is 15.2. The Morgan fingerprint density at radius 1 is 1.15 bits per heavy atom. The van der Waals surface area contributed by atoms with E-state index in [2.05, 4.69) is 5.32 Å². The molecular weight excluding hydrogens is 372 g/mol. The maximum Gasteiger partial charge on any atom is 0.220 e. The highest BCUT2D eigenvalue weighted by molar-refractivity contribution is 7.18. The van der Waals surface area contributed by atoms with E-state index in [-0.39, 0.29) is 30.1 Å². The van der Waals surface area contributed by atoms with Crippen LogP contribution in [0.15, 0.2) is 12.1 Å². The van der Waals surface area contributed by atoms with Gasteiger partial charge in [-0.15, -0.1) is 11.3 Å². The molecule has 2 heterocycles. The minimum absolute atomic E-state index is 0.0109. The molecule has 2 N–H and O–H groups in total. The molecule has 1 aliphatic carbocycles. The lowest BCUT2D eigenvalue weighted by Crippen LogP contribution is -3.23. The van der Waals surface area contributed by atoms with Gasteiger partial charge in [0, 0.05) is 25.7 Å². The Kier molecular flexibility index (Phi) is 7.09. The molecule has 2 aliphatic rings. The average Bonchev–Trinajstić information content (AvgIpc) is 3.12. The number of ketones is 1. The predicted octanol–water partition coefficient (Wildman–Crippen LogP) is 2.10. The molecule has 26 heavy (non-hydrogen) atoms. The molecule has 0 unspecified atom stereocenters. The van der Waals surface area contributed by atoms with E-state index in [4.69, 9.17) is 16.3 Å². The molecule has 3 rings (SSSR count). The number of amides is 1. The number of quaternary nitrogens is 1. The van der Waals surface area contributed by atoms with Crippen LogP contribution < -0.4 is 10.2 Å². The van der Waals surface area contributed by atoms with Crippen molar-refractivity contribution in [2.24, 2.45) is 0 Å². The number of carbonyl (C=O) groups excluding carboxylic acids is 2. The van der Waals surface area contributed by atoms with Gasteiger partial charge >= 0.3 is 0 Å². The first-order chi connectivity index (χ1) is 12.6. The number of morpholine rings is 1. The fourth-order valence-electron chi connectivity index (χ4n) is 4.20. The van der Waals surface area contributed by atoms with Gasteiger partial charge in [-0.3, -0.25) is 9.59 Å². The van der Waals surface area contributed by atoms with E-state index in [9.17, 15) is 9.59 Å². The van der Waals surface area contributed by atoms with Crippen LogP contribution in [0.5, 0.6) is 0 Å². The highest BCUT2D eigenvalue weighted by Gasteiger charge is 2.42. The molecule has 1 aromatic heterocycles. The summed E-state index contributed by atoms with van der Waals surface area (Å²) in [6, 6.07) is 3.45. The number of thiophene rings is 1. The van der Waals surface area contributed by atoms with Crippen LogP contribution in [0, 0.1) is 0 Å². The van der Waals surface area contributed by atoms with Crippen LogP contribution in [0.2, 0.25) is 4.34 Å². The maximum atomic E-state index is 12.3. The van der Waals surface area contributed by atoms with E-state index in [1.807, 2.05) is 0 Å². The second-order valence-corrected chi connectivity index (χ2v) is 9.08. The van der Waals surface area contributed by atoms with Crippen molar-refractivity contribution < 1.29 is 19.2 Å². The Hall–Kier alpha value is -0.950. The molecule has 0 spiro atoms. The molecular formula is C19H28ClN2O3S+. The molecule has 1 saturated heterocycles. The largest absolute Gasteiger partial charge is 0.370 e. The van der Waals surface area contributed by atoms with Crippen molar-refractivity contribution in [3.8, 4) is 0 Å². The van der Waals surface area contributed by atoms with Gasteiger partial charge in [-0.2, -0.15) is 0 Å². The standard InChI is InChI=1S/C19H27ClN2O3S/c20-17-6-5-16(26-17)15(23)4-7-18(24)21-14-19(8-2-1-3-9-19)22-10-12-25-13-11-22/h5-6H,1-4,7-14H2,(H,21,24)/p+1. The molecule has 1 aliphatic heterocycles. The fourth-order valence-corrected chi connectivity index (χ4v) is 5.21. The monoisotopic (exact) mass is 399 g/mol. The molecule has 0 aromatic carbocycles. The Balaban J connectivity index is 1.50. The lowest BCUT2D eigenvalue weighted by atomic mass is 9.79. The number of ether oxygens (including phenoxy) is 1. The average molecular weight is 400 g/mol. The van der Waals surface area contributed by atoms with Crippen molar-refractivity contribution >= 4 is 34.6 Å². The van der Waals surface area contributed by atoms with E-state index in [1.165, 1.54) is 30.6 Å². The van der Waals surface area contributed by atoms with Crippen molar-refractivity contribution in [2.45, 2.75) is 50.5 Å². The Labute approximate surface area is 164 Å². The summed E-state index contributed by atoms with van der Waals surface area (Å²) in [6.07, 6.45) is 6.56. The van der Waals surface area contributed by atoms with Crippen LogP contribution in [-0.4, -0.2) is 50.1 Å². The minimum atomic E-state index is -0.0291. The van der Waals surface area contributed by atoms with Gasteiger partial charge in [-0.05, 0) is 25.0 Å². The van der Waals surface area contributed by atoms with Crippen LogP contribution in [0.25, 0.3) is 0 Å². The third-order valence-electron chi connectivity index (χ3n) is 5.71. The summed E-state index contributed by atoms with van der Waals surface area (Å²) in [5.74, 6) is -0.0400. The molecule has 1 saturated carbocycles. The van der Waals surface area contributed by atoms with Gasteiger partial charge in [0.25, 0.3) is 0 Å². The summed E-state index contributed by atoms with van der Waals surface area (Å²) in [7, 11) is 0. The predicted molar refractivity (Wildman–Crippen MR) is 103 cm³/mol. The number of nitrogens with one attached hydrogen (secondary N) is 2. The van der Waals surface area contributed by atoms with Gasteiger partial charge in [0.15, 0.2) is 5.78 Å². The van der Waals surface area contributed by atoms with E-state index in [0.717, 1.165) is 39.1 Å². The number of hydrogen-bond acceptors (Lipinski definition) is 4. The van der Waals surface area contributed by atoms with Gasteiger partial charge in [0.2, 0.25) is 5.91 Å². The van der Waals surface area contributed by atoms with Crippen LogP contribution in [0.1, 0.15) is 54.6 Å². The third kappa shape index (κ3) is 5.06. The molecule has 0 radical (unpaired) electrons. The van der Waals surface area contributed by atoms with Crippen molar-refractivity contribution in [3.05, 3.63) is 21.3 Å². The SMILES string of the molecule is O=C(CCC(=O)c1ccc(Cl)s1)NCC1([NH+]2CCOCC2)CCCCC1. The van der Waals surface area contributed by atoms with Crippen molar-refractivity contribution in [1.29, 1.82) is 0 Å². The molecule has 7 heteroatoms. The fraction of sp³-hybridized carbons (Fsp3) is 0.684. The Morgan fingerprint density at radius 2 is 1.88 bits per heavy atom. The number of rotatable bonds is 7. The maximum absolute atomic E-state index is 12.3. The minimum Gasteiger partial charge on any atom is -0.370 e. The third-order valence-corrected chi connectivity index (χ3v) is 6.98. The Morgan fingerprint density at radius 3 is 2.54 bits per heavy atom.